The zero-order valence-corrected chi connectivity index (χ0v) is 13.3. The molecular weight excluding hydrogens is 318 g/mol. The van der Waals surface area contributed by atoms with Crippen LogP contribution in [0.15, 0.2) is 42.5 Å². The molecule has 0 radical (unpaired) electrons. The van der Waals surface area contributed by atoms with Gasteiger partial charge in [-0.2, -0.15) is 0 Å². The predicted octanol–water partition coefficient (Wildman–Crippen LogP) is 3.75. The molecule has 0 saturated carbocycles. The lowest BCUT2D eigenvalue weighted by atomic mass is 10.2. The Morgan fingerprint density at radius 3 is 2.52 bits per heavy atom. The van der Waals surface area contributed by atoms with Crippen molar-refractivity contribution in [2.75, 3.05) is 11.9 Å². The number of ether oxygens (including phenoxy) is 1. The van der Waals surface area contributed by atoms with E-state index in [1.54, 1.807) is 6.07 Å². The number of anilines is 1. The third-order valence-electron chi connectivity index (χ3n) is 3.10. The Bertz CT molecular complexity index is 713. The van der Waals surface area contributed by atoms with Gasteiger partial charge in [0.1, 0.15) is 5.75 Å². The van der Waals surface area contributed by atoms with Crippen molar-refractivity contribution in [3.8, 4) is 5.75 Å². The minimum atomic E-state index is -1.14. The molecule has 2 N–H and O–H groups in total. The van der Waals surface area contributed by atoms with Crippen LogP contribution in [-0.2, 0) is 4.79 Å². The van der Waals surface area contributed by atoms with Gasteiger partial charge in [0, 0.05) is 5.69 Å². The number of nitrogens with one attached hydrogen (secondary N) is 1. The first-order valence-electron chi connectivity index (χ1n) is 6.98. The molecule has 0 unspecified atom stereocenters. The smallest absolute Gasteiger partial charge is 0.337 e. The number of aromatic carboxylic acids is 1. The second-order valence-electron chi connectivity index (χ2n) is 4.96. The zero-order valence-electron chi connectivity index (χ0n) is 12.5. The highest BCUT2D eigenvalue weighted by atomic mass is 35.5. The number of hydrogen-bond donors (Lipinski definition) is 2. The maximum absolute atomic E-state index is 11.9. The molecule has 0 fully saturated rings. The van der Waals surface area contributed by atoms with Gasteiger partial charge in [-0.15, -0.1) is 0 Å². The highest BCUT2D eigenvalue weighted by Gasteiger charge is 2.11. The third kappa shape index (κ3) is 5.00. The Kier molecular flexibility index (Phi) is 5.60. The average Bonchev–Trinajstić information content (AvgIpc) is 2.51. The summed E-state index contributed by atoms with van der Waals surface area (Å²) in [5, 5.41) is 11.7. The van der Waals surface area contributed by atoms with Gasteiger partial charge in [-0.1, -0.05) is 29.3 Å². The van der Waals surface area contributed by atoms with Gasteiger partial charge in [-0.05, 0) is 37.3 Å². The summed E-state index contributed by atoms with van der Waals surface area (Å²) in [5.41, 5.74) is 1.46. The standard InChI is InChI=1S/C17H16ClNO4/c1-11-2-5-13(6-3-11)23-9-8-16(20)19-12-4-7-15(18)14(10-12)17(21)22/h2-7,10H,8-9H2,1H3,(H,19,20)(H,21,22). The minimum absolute atomic E-state index is 0.0552. The molecular formula is C17H16ClNO4. The molecule has 120 valence electrons. The van der Waals surface area contributed by atoms with Gasteiger partial charge >= 0.3 is 5.97 Å². The van der Waals surface area contributed by atoms with Crippen LogP contribution in [0.2, 0.25) is 5.02 Å². The molecule has 0 aliphatic heterocycles. The van der Waals surface area contributed by atoms with Crippen molar-refractivity contribution < 1.29 is 19.4 Å². The minimum Gasteiger partial charge on any atom is -0.493 e. The lowest BCUT2D eigenvalue weighted by molar-refractivity contribution is -0.116. The summed E-state index contributed by atoms with van der Waals surface area (Å²) in [6.07, 6.45) is 0.152. The lowest BCUT2D eigenvalue weighted by Crippen LogP contribution is -2.15. The maximum Gasteiger partial charge on any atom is 0.337 e. The highest BCUT2D eigenvalue weighted by molar-refractivity contribution is 6.33. The van der Waals surface area contributed by atoms with E-state index in [0.29, 0.717) is 11.4 Å². The Morgan fingerprint density at radius 1 is 1.17 bits per heavy atom. The van der Waals surface area contributed by atoms with Crippen molar-refractivity contribution in [3.63, 3.8) is 0 Å². The molecule has 0 aliphatic carbocycles. The van der Waals surface area contributed by atoms with Crippen LogP contribution in [0, 0.1) is 6.92 Å². The molecule has 0 aliphatic rings. The molecule has 2 aromatic carbocycles. The van der Waals surface area contributed by atoms with Crippen molar-refractivity contribution in [2.45, 2.75) is 13.3 Å². The maximum atomic E-state index is 11.9. The van der Waals surface area contributed by atoms with Crippen LogP contribution in [0.25, 0.3) is 0 Å². The fourth-order valence-electron chi connectivity index (χ4n) is 1.89. The molecule has 0 heterocycles. The number of aryl methyl sites for hydroxylation is 1. The first kappa shape index (κ1) is 16.8. The van der Waals surface area contributed by atoms with Crippen LogP contribution in [0.3, 0.4) is 0 Å². The summed E-state index contributed by atoms with van der Waals surface area (Å²) in [6, 6.07) is 11.8. The number of amides is 1. The summed E-state index contributed by atoms with van der Waals surface area (Å²) < 4.78 is 5.47. The Balaban J connectivity index is 1.86. The van der Waals surface area contributed by atoms with E-state index in [4.69, 9.17) is 21.4 Å². The second kappa shape index (κ2) is 7.65. The summed E-state index contributed by atoms with van der Waals surface area (Å²) in [4.78, 5) is 22.8. The molecule has 5 nitrogen and oxygen atoms in total. The van der Waals surface area contributed by atoms with Crippen LogP contribution in [-0.4, -0.2) is 23.6 Å². The number of halogens is 1. The predicted molar refractivity (Wildman–Crippen MR) is 88.3 cm³/mol. The molecule has 0 atom stereocenters. The molecule has 1 amide bonds. The average molecular weight is 334 g/mol. The monoisotopic (exact) mass is 333 g/mol. The van der Waals surface area contributed by atoms with Crippen molar-refractivity contribution in [3.05, 3.63) is 58.6 Å². The van der Waals surface area contributed by atoms with Gasteiger partial charge in [0.25, 0.3) is 0 Å². The van der Waals surface area contributed by atoms with Crippen LogP contribution < -0.4 is 10.1 Å². The van der Waals surface area contributed by atoms with Crippen LogP contribution in [0.1, 0.15) is 22.3 Å². The number of carboxylic acid groups (broad SMARTS) is 1. The fourth-order valence-corrected chi connectivity index (χ4v) is 2.08. The molecule has 0 saturated heterocycles. The number of hydrogen-bond acceptors (Lipinski definition) is 3. The van der Waals surface area contributed by atoms with Crippen LogP contribution in [0.4, 0.5) is 5.69 Å². The molecule has 0 bridgehead atoms. The number of benzene rings is 2. The van der Waals surface area contributed by atoms with Gasteiger partial charge in [0.2, 0.25) is 5.91 Å². The molecule has 0 aromatic heterocycles. The van der Waals surface area contributed by atoms with E-state index in [1.165, 1.54) is 12.1 Å². The molecule has 0 spiro atoms. The molecule has 2 rings (SSSR count). The van der Waals surface area contributed by atoms with Gasteiger partial charge in [0.05, 0.1) is 23.6 Å². The Labute approximate surface area is 138 Å². The van der Waals surface area contributed by atoms with Crippen LogP contribution >= 0.6 is 11.6 Å². The summed E-state index contributed by atoms with van der Waals surface area (Å²) in [7, 11) is 0. The number of rotatable bonds is 6. The van der Waals surface area contributed by atoms with Crippen molar-refractivity contribution >= 4 is 29.2 Å². The van der Waals surface area contributed by atoms with E-state index in [0.717, 1.165) is 5.56 Å². The van der Waals surface area contributed by atoms with Crippen molar-refractivity contribution in [1.29, 1.82) is 0 Å². The van der Waals surface area contributed by atoms with E-state index < -0.39 is 5.97 Å². The summed E-state index contributed by atoms with van der Waals surface area (Å²) >= 11 is 5.78. The number of carbonyl (C=O) groups excluding carboxylic acids is 1. The summed E-state index contributed by atoms with van der Waals surface area (Å²) in [5.74, 6) is -0.715. The normalized spacial score (nSPS) is 10.2. The first-order valence-corrected chi connectivity index (χ1v) is 7.35. The molecule has 6 heteroatoms. The second-order valence-corrected chi connectivity index (χ2v) is 5.37. The van der Waals surface area contributed by atoms with Gasteiger partial charge in [-0.25, -0.2) is 4.79 Å². The van der Waals surface area contributed by atoms with Crippen LogP contribution in [0.5, 0.6) is 5.75 Å². The van der Waals surface area contributed by atoms with Crippen molar-refractivity contribution in [1.82, 2.24) is 0 Å². The third-order valence-corrected chi connectivity index (χ3v) is 3.43. The number of carbonyl (C=O) groups is 2. The number of carboxylic acids is 1. The molecule has 2 aromatic rings. The molecule has 23 heavy (non-hydrogen) atoms. The van der Waals surface area contributed by atoms with E-state index >= 15 is 0 Å². The summed E-state index contributed by atoms with van der Waals surface area (Å²) in [6.45, 7) is 2.21. The van der Waals surface area contributed by atoms with Gasteiger partial charge in [0.15, 0.2) is 0 Å². The van der Waals surface area contributed by atoms with Gasteiger partial charge < -0.3 is 15.2 Å². The largest absolute Gasteiger partial charge is 0.493 e. The van der Waals surface area contributed by atoms with E-state index in [9.17, 15) is 9.59 Å². The van der Waals surface area contributed by atoms with Crippen molar-refractivity contribution in [2.24, 2.45) is 0 Å². The zero-order chi connectivity index (χ0) is 16.8. The Hall–Kier alpha value is -2.53. The SMILES string of the molecule is Cc1ccc(OCCC(=O)Nc2ccc(Cl)c(C(=O)O)c2)cc1. The quantitative estimate of drug-likeness (QED) is 0.844. The van der Waals surface area contributed by atoms with E-state index in [-0.39, 0.29) is 29.5 Å². The van der Waals surface area contributed by atoms with E-state index in [1.807, 2.05) is 31.2 Å². The fraction of sp³-hybridized carbons (Fsp3) is 0.176. The lowest BCUT2D eigenvalue weighted by Gasteiger charge is -2.08. The highest BCUT2D eigenvalue weighted by Crippen LogP contribution is 2.20. The Morgan fingerprint density at radius 2 is 1.87 bits per heavy atom. The van der Waals surface area contributed by atoms with Gasteiger partial charge in [-0.3, -0.25) is 4.79 Å². The first-order chi connectivity index (χ1) is 11.0. The van der Waals surface area contributed by atoms with E-state index in [2.05, 4.69) is 5.32 Å². The topological polar surface area (TPSA) is 75.6 Å².